The number of pyridine rings is 1. The fourth-order valence-corrected chi connectivity index (χ4v) is 5.43. The van der Waals surface area contributed by atoms with Gasteiger partial charge in [-0.2, -0.15) is 0 Å². The quantitative estimate of drug-likeness (QED) is 0.253. The Morgan fingerprint density at radius 1 is 1.09 bits per heavy atom. The Morgan fingerprint density at radius 2 is 1.83 bits per heavy atom. The van der Waals surface area contributed by atoms with Crippen molar-refractivity contribution in [1.82, 2.24) is 29.6 Å². The van der Waals surface area contributed by atoms with E-state index in [9.17, 15) is 4.79 Å². The van der Waals surface area contributed by atoms with Crippen molar-refractivity contribution in [3.05, 3.63) is 64.9 Å². The van der Waals surface area contributed by atoms with Gasteiger partial charge in [-0.15, -0.1) is 21.5 Å². The highest BCUT2D eigenvalue weighted by atomic mass is 32.2. The molecule has 0 aliphatic rings. The largest absolute Gasteiger partial charge is 0.495 e. The lowest BCUT2D eigenvalue weighted by Gasteiger charge is -2.20. The summed E-state index contributed by atoms with van der Waals surface area (Å²) in [6, 6.07) is 11.6. The first-order valence-corrected chi connectivity index (χ1v) is 13.4. The molecule has 0 saturated heterocycles. The molecule has 0 atom stereocenters. The molecule has 3 aromatic heterocycles. The monoisotopic (exact) mass is 508 g/mol. The molecule has 0 aliphatic heterocycles. The standard InChI is InChI=1S/C25H28N6O2S2/c1-4-14-30(15-5-2)24(32)19-16-34-22(27-19)17-35-25-29-28-23(18-10-12-26-13-11-18)31(25)20-8-6-7-9-21(20)33-3/h6-13,16H,4-5,14-15,17H2,1-3H3. The van der Waals surface area contributed by atoms with E-state index < -0.39 is 0 Å². The molecule has 35 heavy (non-hydrogen) atoms. The van der Waals surface area contributed by atoms with Gasteiger partial charge in [-0.25, -0.2) is 4.98 Å². The molecule has 0 fully saturated rings. The number of hydrogen-bond acceptors (Lipinski definition) is 8. The van der Waals surface area contributed by atoms with Crippen LogP contribution in [0.2, 0.25) is 0 Å². The third-order valence-corrected chi connectivity index (χ3v) is 7.24. The Kier molecular flexibility index (Phi) is 8.49. The summed E-state index contributed by atoms with van der Waals surface area (Å²) in [5.41, 5.74) is 2.26. The highest BCUT2D eigenvalue weighted by Crippen LogP contribution is 2.33. The van der Waals surface area contributed by atoms with Crippen LogP contribution in [0.25, 0.3) is 17.1 Å². The third-order valence-electron chi connectivity index (χ3n) is 5.27. The second kappa shape index (κ2) is 11.9. The Labute approximate surface area is 213 Å². The molecule has 0 radical (unpaired) electrons. The van der Waals surface area contributed by atoms with Gasteiger partial charge < -0.3 is 9.64 Å². The zero-order valence-electron chi connectivity index (χ0n) is 20.0. The van der Waals surface area contributed by atoms with Crippen molar-refractivity contribution in [2.45, 2.75) is 37.6 Å². The first kappa shape index (κ1) is 24.9. The maximum absolute atomic E-state index is 12.9. The summed E-state index contributed by atoms with van der Waals surface area (Å²) < 4.78 is 7.61. The maximum Gasteiger partial charge on any atom is 0.273 e. The zero-order chi connectivity index (χ0) is 24.6. The van der Waals surface area contributed by atoms with Crippen LogP contribution in [0.3, 0.4) is 0 Å². The normalized spacial score (nSPS) is 10.9. The van der Waals surface area contributed by atoms with Crippen molar-refractivity contribution in [3.63, 3.8) is 0 Å². The molecule has 0 bridgehead atoms. The summed E-state index contributed by atoms with van der Waals surface area (Å²) in [6.45, 7) is 5.65. The second-order valence-corrected chi connectivity index (χ2v) is 9.64. The van der Waals surface area contributed by atoms with Gasteiger partial charge in [-0.3, -0.25) is 14.3 Å². The fourth-order valence-electron chi connectivity index (χ4n) is 3.70. The average molecular weight is 509 g/mol. The lowest BCUT2D eigenvalue weighted by molar-refractivity contribution is 0.0750. The summed E-state index contributed by atoms with van der Waals surface area (Å²) >= 11 is 3.02. The number of carbonyl (C=O) groups is 1. The molecular formula is C25H28N6O2S2. The molecule has 8 nitrogen and oxygen atoms in total. The molecule has 182 valence electrons. The molecule has 1 amide bonds. The number of para-hydroxylation sites is 2. The second-order valence-electron chi connectivity index (χ2n) is 7.76. The first-order chi connectivity index (χ1) is 17.2. The predicted molar refractivity (Wildman–Crippen MR) is 139 cm³/mol. The van der Waals surface area contributed by atoms with Gasteiger partial charge in [-0.05, 0) is 37.1 Å². The molecule has 0 aliphatic carbocycles. The number of nitrogens with zero attached hydrogens (tertiary/aromatic N) is 6. The van der Waals surface area contributed by atoms with Gasteiger partial charge in [0.15, 0.2) is 11.0 Å². The molecule has 4 rings (SSSR count). The predicted octanol–water partition coefficient (Wildman–Crippen LogP) is 5.35. The SMILES string of the molecule is CCCN(CCC)C(=O)c1csc(CSc2nnc(-c3ccncc3)n2-c2ccccc2OC)n1. The van der Waals surface area contributed by atoms with Crippen LogP contribution in [0.5, 0.6) is 5.75 Å². The molecule has 1 aromatic carbocycles. The van der Waals surface area contributed by atoms with E-state index in [0.717, 1.165) is 47.9 Å². The summed E-state index contributed by atoms with van der Waals surface area (Å²) in [4.78, 5) is 23.5. The minimum Gasteiger partial charge on any atom is -0.495 e. The maximum atomic E-state index is 12.9. The molecule has 4 aromatic rings. The number of hydrogen-bond donors (Lipinski definition) is 0. The third kappa shape index (κ3) is 5.71. The van der Waals surface area contributed by atoms with Crippen LogP contribution in [-0.4, -0.2) is 55.7 Å². The van der Waals surface area contributed by atoms with Crippen molar-refractivity contribution < 1.29 is 9.53 Å². The molecule has 0 N–H and O–H groups in total. The van der Waals surface area contributed by atoms with Crippen molar-refractivity contribution in [1.29, 1.82) is 0 Å². The topological polar surface area (TPSA) is 86.0 Å². The van der Waals surface area contributed by atoms with E-state index >= 15 is 0 Å². The van der Waals surface area contributed by atoms with Crippen molar-refractivity contribution >= 4 is 29.0 Å². The van der Waals surface area contributed by atoms with E-state index in [-0.39, 0.29) is 5.91 Å². The average Bonchev–Trinajstić information content (AvgIpc) is 3.54. The van der Waals surface area contributed by atoms with E-state index in [2.05, 4.69) is 34.0 Å². The van der Waals surface area contributed by atoms with E-state index in [1.165, 1.54) is 23.1 Å². The number of methoxy groups -OCH3 is 1. The van der Waals surface area contributed by atoms with Crippen LogP contribution in [0.15, 0.2) is 59.3 Å². The van der Waals surface area contributed by atoms with Crippen LogP contribution < -0.4 is 4.74 Å². The Hall–Kier alpha value is -3.24. The number of amides is 1. The molecule has 3 heterocycles. The van der Waals surface area contributed by atoms with Crippen molar-refractivity contribution in [2.24, 2.45) is 0 Å². The number of rotatable bonds is 11. The summed E-state index contributed by atoms with van der Waals surface area (Å²) in [5, 5.41) is 12.4. The molecular weight excluding hydrogens is 480 g/mol. The number of benzene rings is 1. The Bertz CT molecular complexity index is 1250. The van der Waals surface area contributed by atoms with E-state index in [1.807, 2.05) is 51.2 Å². The van der Waals surface area contributed by atoms with Gasteiger partial charge in [0.05, 0.1) is 18.6 Å². The van der Waals surface area contributed by atoms with Gasteiger partial charge in [0.25, 0.3) is 5.91 Å². The number of thiazole rings is 1. The molecule has 10 heteroatoms. The smallest absolute Gasteiger partial charge is 0.273 e. The van der Waals surface area contributed by atoms with Gasteiger partial charge in [-0.1, -0.05) is 37.7 Å². The van der Waals surface area contributed by atoms with Gasteiger partial charge in [0.1, 0.15) is 16.5 Å². The van der Waals surface area contributed by atoms with E-state index in [1.54, 1.807) is 19.5 Å². The highest BCUT2D eigenvalue weighted by molar-refractivity contribution is 7.98. The van der Waals surface area contributed by atoms with Gasteiger partial charge in [0.2, 0.25) is 0 Å². The van der Waals surface area contributed by atoms with Crippen LogP contribution in [0.1, 0.15) is 42.2 Å². The number of aromatic nitrogens is 5. The Balaban J connectivity index is 1.60. The van der Waals surface area contributed by atoms with E-state index in [0.29, 0.717) is 22.4 Å². The lowest BCUT2D eigenvalue weighted by Crippen LogP contribution is -2.32. The van der Waals surface area contributed by atoms with Gasteiger partial charge in [0, 0.05) is 36.4 Å². The minimum absolute atomic E-state index is 0.00152. The van der Waals surface area contributed by atoms with Crippen LogP contribution >= 0.6 is 23.1 Å². The number of carbonyl (C=O) groups excluding carboxylic acids is 1. The number of thioether (sulfide) groups is 1. The molecule has 0 unspecified atom stereocenters. The van der Waals surface area contributed by atoms with E-state index in [4.69, 9.17) is 4.74 Å². The summed E-state index contributed by atoms with van der Waals surface area (Å²) in [7, 11) is 1.65. The number of ether oxygens (including phenoxy) is 1. The fraction of sp³-hybridized carbons (Fsp3) is 0.320. The summed E-state index contributed by atoms with van der Waals surface area (Å²) in [6.07, 6.45) is 5.32. The first-order valence-electron chi connectivity index (χ1n) is 11.5. The Morgan fingerprint density at radius 3 is 2.54 bits per heavy atom. The van der Waals surface area contributed by atoms with Crippen LogP contribution in [-0.2, 0) is 5.75 Å². The van der Waals surface area contributed by atoms with Crippen LogP contribution in [0, 0.1) is 0 Å². The zero-order valence-corrected chi connectivity index (χ0v) is 21.7. The van der Waals surface area contributed by atoms with Crippen molar-refractivity contribution in [3.8, 4) is 22.8 Å². The minimum atomic E-state index is -0.00152. The van der Waals surface area contributed by atoms with Gasteiger partial charge >= 0.3 is 0 Å². The molecule has 0 saturated carbocycles. The summed E-state index contributed by atoms with van der Waals surface area (Å²) in [5.74, 6) is 1.99. The highest BCUT2D eigenvalue weighted by Gasteiger charge is 2.21. The molecule has 0 spiro atoms. The van der Waals surface area contributed by atoms with Crippen LogP contribution in [0.4, 0.5) is 0 Å². The van der Waals surface area contributed by atoms with Crippen molar-refractivity contribution in [2.75, 3.05) is 20.2 Å². The lowest BCUT2D eigenvalue weighted by atomic mass is 10.2.